The van der Waals surface area contributed by atoms with Gasteiger partial charge >= 0.3 is 11.8 Å². The van der Waals surface area contributed by atoms with Crippen LogP contribution in [-0.2, 0) is 0 Å². The van der Waals surface area contributed by atoms with Gasteiger partial charge in [-0.05, 0) is 18.6 Å². The van der Waals surface area contributed by atoms with Crippen molar-refractivity contribution in [2.75, 3.05) is 0 Å². The minimum Gasteiger partial charge on any atom is -0.412 e. The molecule has 1 aromatic carbocycles. The van der Waals surface area contributed by atoms with Crippen LogP contribution in [0.2, 0.25) is 0 Å². The maximum atomic E-state index is 10.8. The summed E-state index contributed by atoms with van der Waals surface area (Å²) in [4.78, 5) is 10.8. The molecule has 1 amide bonds. The van der Waals surface area contributed by atoms with E-state index in [0.717, 1.165) is 11.1 Å². The van der Waals surface area contributed by atoms with Crippen molar-refractivity contribution in [3.63, 3.8) is 0 Å². The Kier molecular flexibility index (Phi) is 2.21. The lowest BCUT2D eigenvalue weighted by atomic mass is 10.1. The first kappa shape index (κ1) is 9.39. The molecule has 5 heteroatoms. The van der Waals surface area contributed by atoms with Crippen LogP contribution >= 0.6 is 0 Å². The van der Waals surface area contributed by atoms with Gasteiger partial charge in [0.2, 0.25) is 5.89 Å². The fraction of sp³-hybridized carbons (Fsp3) is 0.100. The molecule has 0 saturated heterocycles. The molecule has 1 aromatic heterocycles. The molecule has 0 spiro atoms. The van der Waals surface area contributed by atoms with Crippen LogP contribution in [0, 0.1) is 6.92 Å². The molecule has 0 unspecified atom stereocenters. The molecule has 0 radical (unpaired) electrons. The van der Waals surface area contributed by atoms with Crippen LogP contribution in [0.5, 0.6) is 0 Å². The zero-order valence-electron chi connectivity index (χ0n) is 8.10. The molecule has 2 N–H and O–H groups in total. The predicted molar refractivity (Wildman–Crippen MR) is 53.0 cm³/mol. The second-order valence-electron chi connectivity index (χ2n) is 3.09. The molecular weight excluding hydrogens is 194 g/mol. The van der Waals surface area contributed by atoms with Crippen molar-refractivity contribution >= 4 is 5.91 Å². The van der Waals surface area contributed by atoms with E-state index in [1.807, 2.05) is 31.2 Å². The third-order valence-corrected chi connectivity index (χ3v) is 2.01. The number of hydrogen-bond donors (Lipinski definition) is 1. The van der Waals surface area contributed by atoms with E-state index >= 15 is 0 Å². The first-order valence-corrected chi connectivity index (χ1v) is 4.38. The molecule has 0 atom stereocenters. The third-order valence-electron chi connectivity index (χ3n) is 2.01. The molecule has 2 rings (SSSR count). The monoisotopic (exact) mass is 203 g/mol. The Hall–Kier alpha value is -2.17. The normalized spacial score (nSPS) is 10.2. The predicted octanol–water partition coefficient (Wildman–Crippen LogP) is 1.14. The smallest absolute Gasteiger partial charge is 0.306 e. The van der Waals surface area contributed by atoms with Crippen molar-refractivity contribution in [1.82, 2.24) is 10.2 Å². The van der Waals surface area contributed by atoms with Crippen LogP contribution in [0.15, 0.2) is 28.7 Å². The van der Waals surface area contributed by atoms with Gasteiger partial charge in [-0.15, -0.1) is 10.2 Å². The van der Waals surface area contributed by atoms with Crippen molar-refractivity contribution < 1.29 is 9.21 Å². The van der Waals surface area contributed by atoms with Crippen molar-refractivity contribution in [3.8, 4) is 11.5 Å². The van der Waals surface area contributed by atoms with Gasteiger partial charge in [-0.25, -0.2) is 0 Å². The van der Waals surface area contributed by atoms with Gasteiger partial charge in [-0.3, -0.25) is 4.79 Å². The van der Waals surface area contributed by atoms with Crippen molar-refractivity contribution in [2.24, 2.45) is 5.73 Å². The molecule has 1 heterocycles. The largest absolute Gasteiger partial charge is 0.412 e. The lowest BCUT2D eigenvalue weighted by molar-refractivity contribution is 0.0968. The highest BCUT2D eigenvalue weighted by Crippen LogP contribution is 2.21. The van der Waals surface area contributed by atoms with Gasteiger partial charge in [0.1, 0.15) is 0 Å². The van der Waals surface area contributed by atoms with Gasteiger partial charge in [0, 0.05) is 5.56 Å². The summed E-state index contributed by atoms with van der Waals surface area (Å²) < 4.78 is 5.12. The number of aryl methyl sites for hydroxylation is 1. The van der Waals surface area contributed by atoms with E-state index in [1.165, 1.54) is 0 Å². The summed E-state index contributed by atoms with van der Waals surface area (Å²) in [6, 6.07) is 7.53. The molecule has 0 saturated carbocycles. The molecule has 0 fully saturated rings. The molecular formula is C10H9N3O2. The minimum atomic E-state index is -0.720. The van der Waals surface area contributed by atoms with E-state index in [4.69, 9.17) is 10.2 Å². The van der Waals surface area contributed by atoms with E-state index in [-0.39, 0.29) is 5.89 Å². The SMILES string of the molecule is Cc1ccccc1-c1nnc(C(N)=O)o1. The standard InChI is InChI=1S/C10H9N3O2/c1-6-4-2-3-5-7(6)9-12-13-10(15-9)8(11)14/h2-5H,1H3,(H2,11,14). The van der Waals surface area contributed by atoms with Crippen LogP contribution < -0.4 is 5.73 Å². The number of primary amides is 1. The lowest BCUT2D eigenvalue weighted by Crippen LogP contribution is -2.10. The highest BCUT2D eigenvalue weighted by molar-refractivity contribution is 5.88. The topological polar surface area (TPSA) is 82.0 Å². The Bertz CT molecular complexity index is 505. The Balaban J connectivity index is 2.46. The van der Waals surface area contributed by atoms with Crippen LogP contribution in [0.4, 0.5) is 0 Å². The van der Waals surface area contributed by atoms with Crippen LogP contribution in [0.3, 0.4) is 0 Å². The second-order valence-corrected chi connectivity index (χ2v) is 3.09. The third kappa shape index (κ3) is 1.71. The maximum Gasteiger partial charge on any atom is 0.306 e. The van der Waals surface area contributed by atoms with Crippen LogP contribution in [0.25, 0.3) is 11.5 Å². The number of nitrogens with zero attached hydrogens (tertiary/aromatic N) is 2. The molecule has 0 aliphatic rings. The molecule has 2 aromatic rings. The first-order valence-electron chi connectivity index (χ1n) is 4.38. The van der Waals surface area contributed by atoms with E-state index in [9.17, 15) is 4.79 Å². The highest BCUT2D eigenvalue weighted by atomic mass is 16.4. The van der Waals surface area contributed by atoms with E-state index in [2.05, 4.69) is 10.2 Å². The van der Waals surface area contributed by atoms with Crippen molar-refractivity contribution in [1.29, 1.82) is 0 Å². The lowest BCUT2D eigenvalue weighted by Gasteiger charge is -1.97. The molecule has 0 bridgehead atoms. The molecule has 0 aliphatic heterocycles. The number of rotatable bonds is 2. The van der Waals surface area contributed by atoms with E-state index < -0.39 is 5.91 Å². The van der Waals surface area contributed by atoms with Gasteiger partial charge in [-0.1, -0.05) is 18.2 Å². The van der Waals surface area contributed by atoms with Crippen LogP contribution in [-0.4, -0.2) is 16.1 Å². The second kappa shape index (κ2) is 3.53. The summed E-state index contributed by atoms with van der Waals surface area (Å²) in [5, 5.41) is 7.29. The van der Waals surface area contributed by atoms with Crippen LogP contribution in [0.1, 0.15) is 16.2 Å². The van der Waals surface area contributed by atoms with E-state index in [0.29, 0.717) is 5.89 Å². The summed E-state index contributed by atoms with van der Waals surface area (Å²) in [5.41, 5.74) is 6.81. The number of benzene rings is 1. The number of aromatic nitrogens is 2. The van der Waals surface area contributed by atoms with Gasteiger partial charge in [-0.2, -0.15) is 0 Å². The van der Waals surface area contributed by atoms with Gasteiger partial charge in [0.05, 0.1) is 0 Å². The average molecular weight is 203 g/mol. The molecule has 0 aliphatic carbocycles. The Morgan fingerprint density at radius 2 is 2.07 bits per heavy atom. The summed E-state index contributed by atoms with van der Waals surface area (Å²) in [6.45, 7) is 1.92. The van der Waals surface area contributed by atoms with E-state index in [1.54, 1.807) is 0 Å². The number of nitrogens with two attached hydrogens (primary N) is 1. The zero-order chi connectivity index (χ0) is 10.8. The first-order chi connectivity index (χ1) is 7.18. The Labute approximate surface area is 85.9 Å². The van der Waals surface area contributed by atoms with Crippen molar-refractivity contribution in [3.05, 3.63) is 35.7 Å². The summed E-state index contributed by atoms with van der Waals surface area (Å²) >= 11 is 0. The summed E-state index contributed by atoms with van der Waals surface area (Å²) in [5.74, 6) is -0.586. The summed E-state index contributed by atoms with van der Waals surface area (Å²) in [7, 11) is 0. The molecule has 15 heavy (non-hydrogen) atoms. The van der Waals surface area contributed by atoms with Gasteiger partial charge < -0.3 is 10.2 Å². The fourth-order valence-corrected chi connectivity index (χ4v) is 1.24. The Morgan fingerprint density at radius 3 is 2.67 bits per heavy atom. The zero-order valence-corrected chi connectivity index (χ0v) is 8.10. The number of carbonyl (C=O) groups is 1. The van der Waals surface area contributed by atoms with Gasteiger partial charge in [0.25, 0.3) is 0 Å². The molecule has 5 nitrogen and oxygen atoms in total. The molecule has 76 valence electrons. The van der Waals surface area contributed by atoms with Crippen molar-refractivity contribution in [2.45, 2.75) is 6.92 Å². The summed E-state index contributed by atoms with van der Waals surface area (Å²) in [6.07, 6.45) is 0. The number of carbonyl (C=O) groups excluding carboxylic acids is 1. The maximum absolute atomic E-state index is 10.8. The van der Waals surface area contributed by atoms with Gasteiger partial charge in [0.15, 0.2) is 0 Å². The average Bonchev–Trinajstić information content (AvgIpc) is 2.67. The minimum absolute atomic E-state index is 0.173. The number of hydrogen-bond acceptors (Lipinski definition) is 4. The fourth-order valence-electron chi connectivity index (χ4n) is 1.24. The highest BCUT2D eigenvalue weighted by Gasteiger charge is 2.13. The number of amides is 1. The quantitative estimate of drug-likeness (QED) is 0.793. The Morgan fingerprint density at radius 1 is 1.33 bits per heavy atom.